The molecule has 1 heterocycles. The number of nitrogens with one attached hydrogen (secondary N) is 1. The van der Waals surface area contributed by atoms with E-state index in [2.05, 4.69) is 43.5 Å². The average molecular weight is 810 g/mol. The number of aliphatic hydroxyl groups excluding tert-OH is 5. The van der Waals surface area contributed by atoms with E-state index in [1.54, 1.807) is 0 Å². The summed E-state index contributed by atoms with van der Waals surface area (Å²) < 4.78 is 11.3. The van der Waals surface area contributed by atoms with Crippen molar-refractivity contribution in [3.63, 3.8) is 0 Å². The monoisotopic (exact) mass is 810 g/mol. The molecule has 1 fully saturated rings. The number of aliphatic hydroxyl groups is 5. The fourth-order valence-electron chi connectivity index (χ4n) is 7.66. The molecule has 7 atom stereocenters. The van der Waals surface area contributed by atoms with Gasteiger partial charge in [0.15, 0.2) is 6.29 Å². The number of carbonyl (C=O) groups excluding carboxylic acids is 1. The highest BCUT2D eigenvalue weighted by Gasteiger charge is 2.44. The summed E-state index contributed by atoms with van der Waals surface area (Å²) in [5.41, 5.74) is 0. The van der Waals surface area contributed by atoms with Crippen LogP contribution in [0.5, 0.6) is 0 Å². The Labute approximate surface area is 349 Å². The van der Waals surface area contributed by atoms with Crippen LogP contribution in [-0.4, -0.2) is 87.5 Å². The van der Waals surface area contributed by atoms with Gasteiger partial charge >= 0.3 is 0 Å². The van der Waals surface area contributed by atoms with E-state index in [1.807, 2.05) is 0 Å². The van der Waals surface area contributed by atoms with Crippen LogP contribution in [0.1, 0.15) is 219 Å². The van der Waals surface area contributed by atoms with Gasteiger partial charge in [0.2, 0.25) is 5.91 Å². The highest BCUT2D eigenvalue weighted by Crippen LogP contribution is 2.23. The van der Waals surface area contributed by atoms with Crippen LogP contribution < -0.4 is 5.32 Å². The second kappa shape index (κ2) is 38.8. The molecule has 1 aliphatic heterocycles. The van der Waals surface area contributed by atoms with E-state index >= 15 is 0 Å². The SMILES string of the molecule is CCCCCC/C=C\C/C=C\CCCCCCCCCC(=O)NC(COC1OC(CO)C(O)C(O)C1O)C(O)CCCCCCCCCCCCCCCCCC. The first-order valence-corrected chi connectivity index (χ1v) is 24.0. The Bertz CT molecular complexity index is 945. The first-order chi connectivity index (χ1) is 27.8. The molecule has 0 aromatic rings. The Hall–Kier alpha value is -1.33. The average Bonchev–Trinajstić information content (AvgIpc) is 3.21. The third-order valence-corrected chi connectivity index (χ3v) is 11.6. The topological polar surface area (TPSA) is 149 Å². The summed E-state index contributed by atoms with van der Waals surface area (Å²) in [6.45, 7) is 3.82. The maximum atomic E-state index is 13.0. The van der Waals surface area contributed by atoms with Gasteiger partial charge in [0, 0.05) is 6.42 Å². The fraction of sp³-hybridized carbons (Fsp3) is 0.896. The van der Waals surface area contributed by atoms with Gasteiger partial charge in [-0.1, -0.05) is 192 Å². The van der Waals surface area contributed by atoms with E-state index in [-0.39, 0.29) is 12.5 Å². The number of hydrogen-bond donors (Lipinski definition) is 6. The van der Waals surface area contributed by atoms with Crippen LogP contribution in [0.25, 0.3) is 0 Å². The molecular weight excluding hydrogens is 719 g/mol. The van der Waals surface area contributed by atoms with Crippen molar-refractivity contribution in [3.05, 3.63) is 24.3 Å². The quantitative estimate of drug-likeness (QED) is 0.0265. The van der Waals surface area contributed by atoms with Crippen molar-refractivity contribution < 1.29 is 39.8 Å². The lowest BCUT2D eigenvalue weighted by Gasteiger charge is -2.40. The molecule has 0 spiro atoms. The second-order valence-corrected chi connectivity index (χ2v) is 16.9. The van der Waals surface area contributed by atoms with Crippen LogP contribution in [0, 0.1) is 0 Å². The van der Waals surface area contributed by atoms with Crippen molar-refractivity contribution in [1.29, 1.82) is 0 Å². The van der Waals surface area contributed by atoms with Gasteiger partial charge in [-0.3, -0.25) is 4.79 Å². The van der Waals surface area contributed by atoms with Crippen molar-refractivity contribution >= 4 is 5.91 Å². The number of hydrogen-bond acceptors (Lipinski definition) is 8. The van der Waals surface area contributed by atoms with Gasteiger partial charge in [-0.05, 0) is 44.9 Å². The Balaban J connectivity index is 2.31. The number of ether oxygens (including phenoxy) is 2. The Kier molecular flexibility index (Phi) is 36.6. The Morgan fingerprint density at radius 3 is 1.53 bits per heavy atom. The van der Waals surface area contributed by atoms with Gasteiger partial charge in [0.1, 0.15) is 24.4 Å². The molecule has 336 valence electrons. The molecule has 0 saturated carbocycles. The molecule has 1 rings (SSSR count). The van der Waals surface area contributed by atoms with Crippen molar-refractivity contribution in [2.24, 2.45) is 0 Å². The number of rotatable bonds is 40. The maximum absolute atomic E-state index is 13.0. The minimum atomic E-state index is -1.55. The van der Waals surface area contributed by atoms with Crippen molar-refractivity contribution in [3.8, 4) is 0 Å². The maximum Gasteiger partial charge on any atom is 0.220 e. The van der Waals surface area contributed by atoms with E-state index in [9.17, 15) is 30.3 Å². The van der Waals surface area contributed by atoms with Gasteiger partial charge in [-0.2, -0.15) is 0 Å². The van der Waals surface area contributed by atoms with E-state index in [0.717, 1.165) is 51.4 Å². The zero-order valence-electron chi connectivity index (χ0n) is 36.9. The highest BCUT2D eigenvalue weighted by molar-refractivity contribution is 5.76. The summed E-state index contributed by atoms with van der Waals surface area (Å²) in [4.78, 5) is 13.0. The van der Waals surface area contributed by atoms with Crippen LogP contribution in [0.3, 0.4) is 0 Å². The molecule has 0 aromatic heterocycles. The predicted octanol–water partition coefficient (Wildman–Crippen LogP) is 10.3. The molecule has 0 bridgehead atoms. The lowest BCUT2D eigenvalue weighted by Crippen LogP contribution is -2.60. The van der Waals surface area contributed by atoms with Crippen LogP contribution in [0.4, 0.5) is 0 Å². The van der Waals surface area contributed by atoms with Crippen LogP contribution in [-0.2, 0) is 14.3 Å². The van der Waals surface area contributed by atoms with Crippen molar-refractivity contribution in [2.75, 3.05) is 13.2 Å². The zero-order valence-corrected chi connectivity index (χ0v) is 36.9. The third kappa shape index (κ3) is 29.5. The van der Waals surface area contributed by atoms with Crippen LogP contribution in [0.15, 0.2) is 24.3 Å². The number of amides is 1. The molecule has 57 heavy (non-hydrogen) atoms. The van der Waals surface area contributed by atoms with E-state index in [1.165, 1.54) is 141 Å². The largest absolute Gasteiger partial charge is 0.394 e. The van der Waals surface area contributed by atoms with Crippen LogP contribution in [0.2, 0.25) is 0 Å². The molecule has 7 unspecified atom stereocenters. The molecule has 0 aromatic carbocycles. The van der Waals surface area contributed by atoms with Crippen molar-refractivity contribution in [2.45, 2.75) is 262 Å². The number of unbranched alkanes of at least 4 members (excludes halogenated alkanes) is 26. The summed E-state index contributed by atoms with van der Waals surface area (Å²) >= 11 is 0. The molecule has 0 aliphatic carbocycles. The highest BCUT2D eigenvalue weighted by atomic mass is 16.7. The summed E-state index contributed by atoms with van der Waals surface area (Å²) in [5.74, 6) is -0.151. The van der Waals surface area contributed by atoms with Gasteiger partial charge in [-0.15, -0.1) is 0 Å². The van der Waals surface area contributed by atoms with E-state index in [0.29, 0.717) is 12.8 Å². The fourth-order valence-corrected chi connectivity index (χ4v) is 7.66. The standard InChI is InChI=1S/C48H91NO8/c1-3-5-7-9-11-13-15-17-19-21-22-24-26-28-30-32-34-36-38-44(52)49-41(40-56-48-47(55)46(54)45(53)43(39-50)57-48)42(51)37-35-33-31-29-27-25-23-20-18-16-14-12-10-8-6-4-2/h13,15,19,21,41-43,45-48,50-51,53-55H,3-12,14,16-18,20,22-40H2,1-2H3,(H,49,52)/b15-13-,21-19-. The van der Waals surface area contributed by atoms with E-state index < -0.39 is 49.5 Å². The third-order valence-electron chi connectivity index (χ3n) is 11.6. The molecule has 6 N–H and O–H groups in total. The van der Waals surface area contributed by atoms with Gasteiger partial charge < -0.3 is 40.3 Å². The second-order valence-electron chi connectivity index (χ2n) is 16.9. The van der Waals surface area contributed by atoms with Crippen molar-refractivity contribution in [1.82, 2.24) is 5.32 Å². The summed E-state index contributed by atoms with van der Waals surface area (Å²) in [6, 6.07) is -0.721. The molecular formula is C48H91NO8. The lowest BCUT2D eigenvalue weighted by molar-refractivity contribution is -0.302. The smallest absolute Gasteiger partial charge is 0.220 e. The number of carbonyl (C=O) groups is 1. The summed E-state index contributed by atoms with van der Waals surface area (Å²) in [6.07, 6.45) is 38.9. The normalized spacial score (nSPS) is 21.1. The summed E-state index contributed by atoms with van der Waals surface area (Å²) in [7, 11) is 0. The van der Waals surface area contributed by atoms with Gasteiger partial charge in [0.25, 0.3) is 0 Å². The van der Waals surface area contributed by atoms with Gasteiger partial charge in [0.05, 0.1) is 25.4 Å². The lowest BCUT2D eigenvalue weighted by atomic mass is 9.99. The minimum absolute atomic E-state index is 0.139. The Morgan fingerprint density at radius 1 is 0.596 bits per heavy atom. The molecule has 1 amide bonds. The molecule has 1 aliphatic rings. The molecule has 9 heteroatoms. The van der Waals surface area contributed by atoms with Crippen LogP contribution >= 0.6 is 0 Å². The number of allylic oxidation sites excluding steroid dienone is 4. The molecule has 9 nitrogen and oxygen atoms in total. The zero-order chi connectivity index (χ0) is 41.6. The molecule has 1 saturated heterocycles. The predicted molar refractivity (Wildman–Crippen MR) is 235 cm³/mol. The Morgan fingerprint density at radius 2 is 1.04 bits per heavy atom. The molecule has 0 radical (unpaired) electrons. The van der Waals surface area contributed by atoms with Gasteiger partial charge in [-0.25, -0.2) is 0 Å². The minimum Gasteiger partial charge on any atom is -0.394 e. The van der Waals surface area contributed by atoms with E-state index in [4.69, 9.17) is 9.47 Å². The summed E-state index contributed by atoms with van der Waals surface area (Å²) in [5, 5.41) is 54.4. The first-order valence-electron chi connectivity index (χ1n) is 24.0. The first kappa shape index (κ1) is 53.7.